The Labute approximate surface area is 264 Å². The molecule has 232 valence electrons. The summed E-state index contributed by atoms with van der Waals surface area (Å²) in [4.78, 5) is 51.3. The predicted molar refractivity (Wildman–Crippen MR) is 175 cm³/mol. The van der Waals surface area contributed by atoms with Crippen molar-refractivity contribution in [2.24, 2.45) is 11.8 Å². The molecule has 1 N–H and O–H groups in total. The fourth-order valence-corrected chi connectivity index (χ4v) is 9.62. The number of likely N-dealkylation sites (tertiary alicyclic amines) is 1. The van der Waals surface area contributed by atoms with Gasteiger partial charge in [-0.2, -0.15) is 0 Å². The maximum Gasteiger partial charge on any atom is 0.251 e. The molecule has 8 nitrogen and oxygen atoms in total. The van der Waals surface area contributed by atoms with E-state index >= 15 is 0 Å². The summed E-state index contributed by atoms with van der Waals surface area (Å²) < 4.78 is -0.948. The summed E-state index contributed by atoms with van der Waals surface area (Å²) >= 11 is 1.57. The van der Waals surface area contributed by atoms with Crippen LogP contribution in [0.1, 0.15) is 38.8 Å². The molecule has 2 fully saturated rings. The van der Waals surface area contributed by atoms with Gasteiger partial charge in [0.25, 0.3) is 5.91 Å². The first-order valence-corrected chi connectivity index (χ1v) is 16.7. The average Bonchev–Trinajstić information content (AvgIpc) is 3.36. The lowest BCUT2D eigenvalue weighted by atomic mass is 9.78. The molecular formula is C35H42N4O4S. The van der Waals surface area contributed by atoms with Crippen LogP contribution in [0.5, 0.6) is 0 Å². The van der Waals surface area contributed by atoms with E-state index < -0.39 is 28.7 Å². The third-order valence-electron chi connectivity index (χ3n) is 9.66. The fourth-order valence-electron chi connectivity index (χ4n) is 7.63. The van der Waals surface area contributed by atoms with Gasteiger partial charge in [-0.1, -0.05) is 61.6 Å². The van der Waals surface area contributed by atoms with Crippen LogP contribution in [0.4, 0.5) is 11.4 Å². The van der Waals surface area contributed by atoms with E-state index in [0.717, 1.165) is 36.4 Å². The Morgan fingerprint density at radius 3 is 2.32 bits per heavy atom. The highest BCUT2D eigenvalue weighted by molar-refractivity contribution is 8.02. The number of carbonyl (C=O) groups is 3. The van der Waals surface area contributed by atoms with Crippen molar-refractivity contribution >= 4 is 40.9 Å². The molecule has 4 aliphatic rings. The van der Waals surface area contributed by atoms with Crippen LogP contribution >= 0.6 is 11.8 Å². The summed E-state index contributed by atoms with van der Waals surface area (Å²) in [6.45, 7) is 9.21. The molecule has 2 saturated heterocycles. The molecule has 0 aromatic heterocycles. The second-order valence-electron chi connectivity index (χ2n) is 11.9. The molecule has 6 atom stereocenters. The van der Waals surface area contributed by atoms with E-state index in [-0.39, 0.29) is 29.6 Å². The number of aliphatic hydroxyl groups excluding tert-OH is 1. The van der Waals surface area contributed by atoms with Crippen LogP contribution in [0.2, 0.25) is 0 Å². The van der Waals surface area contributed by atoms with Gasteiger partial charge in [-0.05, 0) is 50.1 Å². The van der Waals surface area contributed by atoms with Crippen molar-refractivity contribution in [1.29, 1.82) is 0 Å². The zero-order chi connectivity index (χ0) is 31.0. The summed E-state index contributed by atoms with van der Waals surface area (Å²) in [5.41, 5.74) is 2.60. The Hall–Kier alpha value is -3.56. The van der Waals surface area contributed by atoms with Gasteiger partial charge in [-0.25, -0.2) is 0 Å². The van der Waals surface area contributed by atoms with Crippen LogP contribution in [0, 0.1) is 11.8 Å². The van der Waals surface area contributed by atoms with Crippen LogP contribution in [0.25, 0.3) is 0 Å². The minimum absolute atomic E-state index is 0.0284. The molecule has 0 aliphatic carbocycles. The Morgan fingerprint density at radius 2 is 1.66 bits per heavy atom. The minimum atomic E-state index is -0.948. The number of anilines is 2. The van der Waals surface area contributed by atoms with Gasteiger partial charge in [0.05, 0.1) is 29.2 Å². The molecule has 4 aliphatic heterocycles. The second kappa shape index (κ2) is 12.4. The Morgan fingerprint density at radius 1 is 0.932 bits per heavy atom. The van der Waals surface area contributed by atoms with E-state index in [2.05, 4.69) is 24.8 Å². The Kier molecular flexibility index (Phi) is 8.61. The fraction of sp³-hybridized carbons (Fsp3) is 0.457. The number of hydrogen-bond acceptors (Lipinski definition) is 6. The molecule has 3 amide bonds. The first kappa shape index (κ1) is 30.5. The highest BCUT2D eigenvalue weighted by Gasteiger charge is 2.71. The molecule has 2 aromatic carbocycles. The van der Waals surface area contributed by atoms with E-state index in [1.54, 1.807) is 21.6 Å². The number of benzene rings is 2. The van der Waals surface area contributed by atoms with Gasteiger partial charge >= 0.3 is 0 Å². The molecule has 0 saturated carbocycles. The number of nitrogens with zero attached hydrogens (tertiary/aromatic N) is 4. The van der Waals surface area contributed by atoms with Crippen molar-refractivity contribution in [2.45, 2.75) is 49.3 Å². The molecule has 4 heterocycles. The first-order valence-electron chi connectivity index (χ1n) is 15.8. The zero-order valence-corrected chi connectivity index (χ0v) is 26.5. The van der Waals surface area contributed by atoms with Gasteiger partial charge in [-0.3, -0.25) is 14.4 Å². The third-order valence-corrected chi connectivity index (χ3v) is 11.4. The van der Waals surface area contributed by atoms with Crippen LogP contribution in [0.15, 0.2) is 78.9 Å². The van der Waals surface area contributed by atoms with Crippen molar-refractivity contribution in [3.63, 3.8) is 0 Å². The van der Waals surface area contributed by atoms with Crippen molar-refractivity contribution in [2.75, 3.05) is 49.1 Å². The minimum Gasteiger partial charge on any atom is -0.394 e. The molecule has 6 rings (SSSR count). The van der Waals surface area contributed by atoms with Gasteiger partial charge in [0, 0.05) is 49.3 Å². The van der Waals surface area contributed by atoms with Gasteiger partial charge in [-0.15, -0.1) is 11.8 Å². The van der Waals surface area contributed by atoms with Gasteiger partial charge < -0.3 is 24.7 Å². The molecule has 44 heavy (non-hydrogen) atoms. The van der Waals surface area contributed by atoms with Crippen LogP contribution in [0.3, 0.4) is 0 Å². The average molecular weight is 615 g/mol. The summed E-state index contributed by atoms with van der Waals surface area (Å²) in [6, 6.07) is 15.8. The number of hydrogen-bond donors (Lipinski definition) is 1. The van der Waals surface area contributed by atoms with Gasteiger partial charge in [0.2, 0.25) is 11.8 Å². The lowest BCUT2D eigenvalue weighted by Gasteiger charge is -2.38. The molecular weight excluding hydrogens is 572 g/mol. The Bertz CT molecular complexity index is 1440. The maximum atomic E-state index is 14.9. The number of fused-ring (bicyclic) bond motifs is 2. The summed E-state index contributed by atoms with van der Waals surface area (Å²) in [5.74, 6) is -1.77. The zero-order valence-electron chi connectivity index (χ0n) is 25.7. The van der Waals surface area contributed by atoms with E-state index in [1.165, 1.54) is 0 Å². The summed E-state index contributed by atoms with van der Waals surface area (Å²) in [5, 5.41) is 10.6. The summed E-state index contributed by atoms with van der Waals surface area (Å²) in [6.07, 6.45) is 8.95. The van der Waals surface area contributed by atoms with Crippen molar-refractivity contribution in [1.82, 2.24) is 9.80 Å². The lowest BCUT2D eigenvalue weighted by Crippen LogP contribution is -2.54. The molecule has 0 radical (unpaired) electrons. The topological polar surface area (TPSA) is 84.4 Å². The number of aliphatic hydroxyl groups is 1. The smallest absolute Gasteiger partial charge is 0.251 e. The highest BCUT2D eigenvalue weighted by Crippen LogP contribution is 2.62. The molecule has 1 unspecified atom stereocenters. The highest BCUT2D eigenvalue weighted by atomic mass is 32.2. The van der Waals surface area contributed by atoms with E-state index in [9.17, 15) is 19.5 Å². The standard InChI is InChI=1S/C35H42N4O4S/c1-4-20-37-21-10-14-28-29(32(37)41)30-33(42)39(27(23-40)24-12-8-7-9-13-24)31-34(43)38(22-11-19-35(30,31)44-28)26-17-15-25(16-18-26)36(5-2)6-3/h7-19,27-31,40H,4-6,20-23H2,1-3H3/t27-,28-,29+,30+,31?,35+/m1/s1. The van der Waals surface area contributed by atoms with Crippen LogP contribution < -0.4 is 9.80 Å². The quantitative estimate of drug-likeness (QED) is 0.425. The third kappa shape index (κ3) is 4.85. The number of carbonyl (C=O) groups excluding carboxylic acids is 3. The monoisotopic (exact) mass is 614 g/mol. The number of amides is 3. The second-order valence-corrected chi connectivity index (χ2v) is 13.4. The number of rotatable bonds is 9. The number of thioether (sulfide) groups is 1. The normalized spacial score (nSPS) is 28.5. The Balaban J connectivity index is 1.46. The van der Waals surface area contributed by atoms with Gasteiger partial charge in [0.1, 0.15) is 6.04 Å². The predicted octanol–water partition coefficient (Wildman–Crippen LogP) is 4.28. The van der Waals surface area contributed by atoms with Crippen molar-refractivity contribution in [3.8, 4) is 0 Å². The largest absolute Gasteiger partial charge is 0.394 e. The van der Waals surface area contributed by atoms with Crippen LogP contribution in [-0.4, -0.2) is 88.0 Å². The summed E-state index contributed by atoms with van der Waals surface area (Å²) in [7, 11) is 0. The molecule has 1 spiro atoms. The SMILES string of the molecule is CCCN1CC=C[C@H]2S[C@]34C=CCN(c5ccc(N(CC)CC)cc5)C(=O)C3N([C@H](CO)c3ccccc3)C(=O)[C@@H]4[C@H]2C1=O. The molecule has 0 bridgehead atoms. The van der Waals surface area contributed by atoms with E-state index in [0.29, 0.717) is 19.6 Å². The maximum absolute atomic E-state index is 14.9. The van der Waals surface area contributed by atoms with E-state index in [4.69, 9.17) is 0 Å². The van der Waals surface area contributed by atoms with Crippen LogP contribution in [-0.2, 0) is 14.4 Å². The van der Waals surface area contributed by atoms with E-state index in [1.807, 2.05) is 84.6 Å². The van der Waals surface area contributed by atoms with Crippen molar-refractivity contribution < 1.29 is 19.5 Å². The molecule has 2 aromatic rings. The first-order chi connectivity index (χ1) is 21.4. The molecule has 9 heteroatoms. The lowest BCUT2D eigenvalue weighted by molar-refractivity contribution is -0.144. The van der Waals surface area contributed by atoms with Gasteiger partial charge in [0.15, 0.2) is 0 Å². The van der Waals surface area contributed by atoms with Crippen molar-refractivity contribution in [3.05, 3.63) is 84.5 Å².